The Labute approximate surface area is 171 Å². The summed E-state index contributed by atoms with van der Waals surface area (Å²) in [5.74, 6) is 6.40. The van der Waals surface area contributed by atoms with Crippen molar-refractivity contribution in [1.82, 2.24) is 0 Å². The zero-order valence-corrected chi connectivity index (χ0v) is 18.5. The fraction of sp³-hybridized carbons (Fsp3) is 0.259. The molecule has 0 aliphatic heterocycles. The molecule has 2 unspecified atom stereocenters. The molecule has 0 radical (unpaired) electrons. The standard InChI is InChI=1S/C27H27P/c1-6-15-27(5,28)21-12-14-23-22-13-11-20(19-9-7-18(2)8-10-19)16-24(22)26(3,4)25(23)17-21/h7-14,16-17H,28H2,1-5H3. The largest absolute Gasteiger partial charge is 0.114 e. The van der Waals surface area contributed by atoms with E-state index in [2.05, 4.69) is 109 Å². The van der Waals surface area contributed by atoms with Crippen molar-refractivity contribution in [3.05, 3.63) is 82.9 Å². The number of fused-ring (bicyclic) bond motifs is 3. The smallest absolute Gasteiger partial charge is 0.0671 e. The molecule has 3 aromatic rings. The molecule has 0 saturated carbocycles. The lowest BCUT2D eigenvalue weighted by Crippen LogP contribution is -2.17. The van der Waals surface area contributed by atoms with Crippen LogP contribution in [0.5, 0.6) is 0 Å². The second-order valence-corrected chi connectivity index (χ2v) is 9.74. The summed E-state index contributed by atoms with van der Waals surface area (Å²) in [6.45, 7) is 10.9. The van der Waals surface area contributed by atoms with Crippen molar-refractivity contribution in [3.63, 3.8) is 0 Å². The highest BCUT2D eigenvalue weighted by Crippen LogP contribution is 2.50. The van der Waals surface area contributed by atoms with E-state index in [1.807, 2.05) is 6.92 Å². The Morgan fingerprint density at radius 2 is 1.39 bits per heavy atom. The van der Waals surface area contributed by atoms with Gasteiger partial charge in [0.05, 0.1) is 5.16 Å². The predicted octanol–water partition coefficient (Wildman–Crippen LogP) is 7.08. The molecule has 0 aromatic heterocycles. The first-order valence-electron chi connectivity index (χ1n) is 9.84. The van der Waals surface area contributed by atoms with Gasteiger partial charge in [-0.3, -0.25) is 0 Å². The van der Waals surface area contributed by atoms with E-state index in [-0.39, 0.29) is 10.6 Å². The number of hydrogen-bond acceptors (Lipinski definition) is 0. The lowest BCUT2D eigenvalue weighted by atomic mass is 9.80. The van der Waals surface area contributed by atoms with Crippen LogP contribution >= 0.6 is 9.24 Å². The predicted molar refractivity (Wildman–Crippen MR) is 125 cm³/mol. The molecule has 4 rings (SSSR count). The van der Waals surface area contributed by atoms with Gasteiger partial charge in [0.2, 0.25) is 0 Å². The van der Waals surface area contributed by atoms with Gasteiger partial charge < -0.3 is 0 Å². The van der Waals surface area contributed by atoms with Gasteiger partial charge >= 0.3 is 0 Å². The Morgan fingerprint density at radius 3 is 2.04 bits per heavy atom. The first-order valence-corrected chi connectivity index (χ1v) is 10.4. The molecule has 0 spiro atoms. The van der Waals surface area contributed by atoms with Gasteiger partial charge in [-0.05, 0) is 65.8 Å². The molecule has 0 saturated heterocycles. The molecule has 1 aliphatic carbocycles. The fourth-order valence-electron chi connectivity index (χ4n) is 4.32. The van der Waals surface area contributed by atoms with Gasteiger partial charge in [-0.2, -0.15) is 0 Å². The average Bonchev–Trinajstić information content (AvgIpc) is 2.89. The molecule has 28 heavy (non-hydrogen) atoms. The Kier molecular flexibility index (Phi) is 4.49. The van der Waals surface area contributed by atoms with E-state index in [0.29, 0.717) is 0 Å². The van der Waals surface area contributed by atoms with Crippen molar-refractivity contribution in [3.8, 4) is 34.1 Å². The highest BCUT2D eigenvalue weighted by molar-refractivity contribution is 7.19. The molecule has 1 heteroatoms. The summed E-state index contributed by atoms with van der Waals surface area (Å²) in [4.78, 5) is 0. The number of rotatable bonds is 2. The van der Waals surface area contributed by atoms with Crippen LogP contribution in [0, 0.1) is 18.8 Å². The van der Waals surface area contributed by atoms with E-state index in [1.165, 1.54) is 44.5 Å². The maximum absolute atomic E-state index is 3.33. The fourth-order valence-corrected chi connectivity index (χ4v) is 4.64. The normalized spacial score (nSPS) is 15.8. The van der Waals surface area contributed by atoms with Gasteiger partial charge in [-0.15, -0.1) is 15.2 Å². The summed E-state index contributed by atoms with van der Waals surface area (Å²) in [5, 5.41) is -0.221. The second kappa shape index (κ2) is 6.62. The molecule has 0 nitrogen and oxygen atoms in total. The highest BCUT2D eigenvalue weighted by Gasteiger charge is 2.36. The van der Waals surface area contributed by atoms with Crippen molar-refractivity contribution >= 4 is 9.24 Å². The van der Waals surface area contributed by atoms with E-state index >= 15 is 0 Å². The summed E-state index contributed by atoms with van der Waals surface area (Å²) >= 11 is 0. The summed E-state index contributed by atoms with van der Waals surface area (Å²) in [7, 11) is 2.92. The Bertz CT molecular complexity index is 1120. The number of hydrogen-bond donors (Lipinski definition) is 0. The van der Waals surface area contributed by atoms with Gasteiger partial charge in [0.1, 0.15) is 0 Å². The van der Waals surface area contributed by atoms with Crippen molar-refractivity contribution in [2.24, 2.45) is 0 Å². The first kappa shape index (κ1) is 19.0. The first-order chi connectivity index (χ1) is 13.2. The van der Waals surface area contributed by atoms with Gasteiger partial charge in [0.25, 0.3) is 0 Å². The van der Waals surface area contributed by atoms with E-state index < -0.39 is 0 Å². The summed E-state index contributed by atoms with van der Waals surface area (Å²) in [5.41, 5.74) is 10.6. The van der Waals surface area contributed by atoms with Crippen LogP contribution in [0.25, 0.3) is 22.3 Å². The summed E-state index contributed by atoms with van der Waals surface area (Å²) < 4.78 is 0. The Morgan fingerprint density at radius 1 is 0.821 bits per heavy atom. The second-order valence-electron chi connectivity index (χ2n) is 8.59. The summed E-state index contributed by atoms with van der Waals surface area (Å²) in [6, 6.07) is 22.6. The topological polar surface area (TPSA) is 0 Å². The van der Waals surface area contributed by atoms with Crippen LogP contribution in [-0.4, -0.2) is 0 Å². The van der Waals surface area contributed by atoms with Crippen LogP contribution < -0.4 is 0 Å². The quantitative estimate of drug-likeness (QED) is 0.328. The van der Waals surface area contributed by atoms with Crippen molar-refractivity contribution in [2.75, 3.05) is 0 Å². The Balaban J connectivity index is 1.84. The lowest BCUT2D eigenvalue weighted by molar-refractivity contribution is 0.658. The van der Waals surface area contributed by atoms with Crippen molar-refractivity contribution in [1.29, 1.82) is 0 Å². The van der Waals surface area contributed by atoms with Crippen molar-refractivity contribution in [2.45, 2.75) is 45.2 Å². The minimum atomic E-state index is -0.221. The van der Waals surface area contributed by atoms with Crippen LogP contribution in [0.15, 0.2) is 60.7 Å². The SMILES string of the molecule is CC#CC(C)(P)c1ccc2c(c1)C(C)(C)c1cc(-c3ccc(C)cc3)ccc1-2. The van der Waals surface area contributed by atoms with Crippen LogP contribution in [0.4, 0.5) is 0 Å². The molecule has 0 bridgehead atoms. The van der Waals surface area contributed by atoms with Gasteiger partial charge in [-0.1, -0.05) is 79.9 Å². The minimum Gasteiger partial charge on any atom is -0.114 e. The zero-order chi connectivity index (χ0) is 20.1. The maximum Gasteiger partial charge on any atom is 0.0671 e. The zero-order valence-electron chi connectivity index (χ0n) is 17.4. The molecular weight excluding hydrogens is 355 g/mol. The molecule has 1 aliphatic rings. The molecule has 0 N–H and O–H groups in total. The number of aryl methyl sites for hydroxylation is 1. The van der Waals surface area contributed by atoms with E-state index in [0.717, 1.165) is 0 Å². The van der Waals surface area contributed by atoms with Crippen LogP contribution in [0.1, 0.15) is 49.9 Å². The lowest BCUT2D eigenvalue weighted by Gasteiger charge is -2.25. The van der Waals surface area contributed by atoms with Gasteiger partial charge in [-0.25, -0.2) is 0 Å². The third-order valence-corrected chi connectivity index (χ3v) is 6.52. The molecule has 0 fully saturated rings. The molecule has 0 heterocycles. The van der Waals surface area contributed by atoms with E-state index in [4.69, 9.17) is 0 Å². The monoisotopic (exact) mass is 382 g/mol. The third kappa shape index (κ3) is 2.99. The molecule has 2 atom stereocenters. The molecule has 0 amide bonds. The van der Waals surface area contributed by atoms with Gasteiger partial charge in [0, 0.05) is 5.41 Å². The molecule has 3 aromatic carbocycles. The minimum absolute atomic E-state index is 0.0260. The Hall–Kier alpha value is -2.35. The summed E-state index contributed by atoms with van der Waals surface area (Å²) in [6.07, 6.45) is 0. The molecule has 140 valence electrons. The molecular formula is C27H27P. The van der Waals surface area contributed by atoms with Crippen LogP contribution in [0.2, 0.25) is 0 Å². The highest BCUT2D eigenvalue weighted by atomic mass is 31.0. The van der Waals surface area contributed by atoms with Crippen LogP contribution in [-0.2, 0) is 10.6 Å². The van der Waals surface area contributed by atoms with E-state index in [1.54, 1.807) is 0 Å². The van der Waals surface area contributed by atoms with Gasteiger partial charge in [0.15, 0.2) is 0 Å². The number of benzene rings is 3. The maximum atomic E-state index is 3.33. The third-order valence-electron chi connectivity index (χ3n) is 6.05. The van der Waals surface area contributed by atoms with Crippen molar-refractivity contribution < 1.29 is 0 Å². The van der Waals surface area contributed by atoms with E-state index in [9.17, 15) is 0 Å². The van der Waals surface area contributed by atoms with Crippen LogP contribution in [0.3, 0.4) is 0 Å². The average molecular weight is 382 g/mol.